The number of hydrazine groups is 1. The average Bonchev–Trinajstić information content (AvgIpc) is 2.47. The van der Waals surface area contributed by atoms with Crippen LogP contribution in [0.4, 0.5) is 11.5 Å². The Morgan fingerprint density at radius 1 is 1.33 bits per heavy atom. The van der Waals surface area contributed by atoms with Crippen molar-refractivity contribution in [1.29, 1.82) is 0 Å². The van der Waals surface area contributed by atoms with E-state index in [9.17, 15) is 10.1 Å². The van der Waals surface area contributed by atoms with Gasteiger partial charge in [0.2, 0.25) is 0 Å². The van der Waals surface area contributed by atoms with Gasteiger partial charge in [0.05, 0.1) is 4.92 Å². The molecule has 0 amide bonds. The molecule has 0 unspecified atom stereocenters. The number of pyridine rings is 1. The zero-order valence-electron chi connectivity index (χ0n) is 11.7. The highest BCUT2D eigenvalue weighted by Gasteiger charge is 2.18. The molecule has 2 aromatic rings. The molecule has 1 aromatic heterocycles. The van der Waals surface area contributed by atoms with Crippen molar-refractivity contribution in [2.45, 2.75) is 19.8 Å². The van der Waals surface area contributed by atoms with E-state index in [4.69, 9.17) is 10.6 Å². The van der Waals surface area contributed by atoms with Gasteiger partial charge in [0, 0.05) is 6.07 Å². The summed E-state index contributed by atoms with van der Waals surface area (Å²) in [6, 6.07) is 10.1. The Morgan fingerprint density at radius 2 is 2.10 bits per heavy atom. The van der Waals surface area contributed by atoms with E-state index in [0.29, 0.717) is 11.7 Å². The molecule has 0 aliphatic rings. The van der Waals surface area contributed by atoms with Gasteiger partial charge in [0.15, 0.2) is 0 Å². The summed E-state index contributed by atoms with van der Waals surface area (Å²) in [4.78, 5) is 14.5. The number of aromatic nitrogens is 1. The molecule has 1 heterocycles. The minimum atomic E-state index is -0.547. The minimum Gasteiger partial charge on any atom is -0.434 e. The van der Waals surface area contributed by atoms with Crippen molar-refractivity contribution in [3.05, 3.63) is 52.1 Å². The molecule has 0 bridgehead atoms. The molecule has 1 aromatic carbocycles. The molecular formula is C14H16N4O3. The summed E-state index contributed by atoms with van der Waals surface area (Å²) in [6.45, 7) is 4.11. The standard InChI is InChI=1S/C14H16N4O3/c1-9(2)10-4-3-5-11(8-10)21-14-12(18(19)20)6-7-13(16-14)17-15/h3-9H,15H2,1-2H3,(H,16,17). The number of hydrogen-bond donors (Lipinski definition) is 2. The second kappa shape index (κ2) is 6.19. The van der Waals surface area contributed by atoms with E-state index in [-0.39, 0.29) is 17.4 Å². The molecule has 0 aliphatic carbocycles. The third kappa shape index (κ3) is 3.46. The first kappa shape index (κ1) is 14.7. The lowest BCUT2D eigenvalue weighted by Crippen LogP contribution is -2.09. The lowest BCUT2D eigenvalue weighted by Gasteiger charge is -2.10. The van der Waals surface area contributed by atoms with Crippen LogP contribution >= 0.6 is 0 Å². The number of anilines is 1. The van der Waals surface area contributed by atoms with Crippen LogP contribution < -0.4 is 16.0 Å². The summed E-state index contributed by atoms with van der Waals surface area (Å²) in [7, 11) is 0. The van der Waals surface area contributed by atoms with Crippen molar-refractivity contribution in [3.8, 4) is 11.6 Å². The second-order valence-corrected chi connectivity index (χ2v) is 4.75. The maximum Gasteiger partial charge on any atom is 0.331 e. The Labute approximate surface area is 121 Å². The van der Waals surface area contributed by atoms with Crippen molar-refractivity contribution >= 4 is 11.5 Å². The van der Waals surface area contributed by atoms with Crippen LogP contribution in [0.2, 0.25) is 0 Å². The van der Waals surface area contributed by atoms with Crippen molar-refractivity contribution in [2.75, 3.05) is 5.43 Å². The van der Waals surface area contributed by atoms with Crippen LogP contribution in [-0.4, -0.2) is 9.91 Å². The van der Waals surface area contributed by atoms with Gasteiger partial charge < -0.3 is 10.2 Å². The summed E-state index contributed by atoms with van der Waals surface area (Å²) in [5.41, 5.74) is 3.19. The van der Waals surface area contributed by atoms with E-state index in [0.717, 1.165) is 5.56 Å². The SMILES string of the molecule is CC(C)c1cccc(Oc2nc(NN)ccc2[N+](=O)[O-])c1. The van der Waals surface area contributed by atoms with Gasteiger partial charge in [-0.1, -0.05) is 26.0 Å². The third-order valence-electron chi connectivity index (χ3n) is 2.92. The fourth-order valence-electron chi connectivity index (χ4n) is 1.78. The smallest absolute Gasteiger partial charge is 0.331 e. The molecule has 0 atom stereocenters. The average molecular weight is 288 g/mol. The van der Waals surface area contributed by atoms with Gasteiger partial charge in [-0.25, -0.2) is 5.84 Å². The monoisotopic (exact) mass is 288 g/mol. The Hall–Kier alpha value is -2.67. The Balaban J connectivity index is 2.38. The molecular weight excluding hydrogens is 272 g/mol. The van der Waals surface area contributed by atoms with Gasteiger partial charge >= 0.3 is 11.6 Å². The van der Waals surface area contributed by atoms with Crippen LogP contribution in [0.1, 0.15) is 25.3 Å². The number of benzene rings is 1. The zero-order chi connectivity index (χ0) is 15.4. The Bertz CT molecular complexity index is 658. The number of hydrogen-bond acceptors (Lipinski definition) is 6. The van der Waals surface area contributed by atoms with Crippen LogP contribution in [0.15, 0.2) is 36.4 Å². The summed E-state index contributed by atoms with van der Waals surface area (Å²) in [6.07, 6.45) is 0. The summed E-state index contributed by atoms with van der Waals surface area (Å²) in [5, 5.41) is 11.0. The number of nitrogen functional groups attached to an aromatic ring is 1. The molecule has 0 saturated carbocycles. The van der Waals surface area contributed by atoms with E-state index in [2.05, 4.69) is 24.3 Å². The van der Waals surface area contributed by atoms with Crippen molar-refractivity contribution in [1.82, 2.24) is 4.98 Å². The van der Waals surface area contributed by atoms with E-state index in [1.165, 1.54) is 12.1 Å². The van der Waals surface area contributed by atoms with Gasteiger partial charge in [0.1, 0.15) is 11.6 Å². The molecule has 110 valence electrons. The summed E-state index contributed by atoms with van der Waals surface area (Å²) >= 11 is 0. The second-order valence-electron chi connectivity index (χ2n) is 4.75. The molecule has 0 spiro atoms. The van der Waals surface area contributed by atoms with Crippen molar-refractivity contribution in [3.63, 3.8) is 0 Å². The highest BCUT2D eigenvalue weighted by molar-refractivity contribution is 5.50. The third-order valence-corrected chi connectivity index (χ3v) is 2.92. The van der Waals surface area contributed by atoms with E-state index in [1.807, 2.05) is 18.2 Å². The highest BCUT2D eigenvalue weighted by Crippen LogP contribution is 2.31. The van der Waals surface area contributed by atoms with E-state index >= 15 is 0 Å². The number of ether oxygens (including phenoxy) is 1. The highest BCUT2D eigenvalue weighted by atomic mass is 16.6. The van der Waals surface area contributed by atoms with Crippen LogP contribution in [0.5, 0.6) is 11.6 Å². The minimum absolute atomic E-state index is 0.101. The fraction of sp³-hybridized carbons (Fsp3) is 0.214. The maximum atomic E-state index is 11.0. The predicted molar refractivity (Wildman–Crippen MR) is 79.3 cm³/mol. The van der Waals surface area contributed by atoms with E-state index in [1.54, 1.807) is 6.07 Å². The predicted octanol–water partition coefficient (Wildman–Crippen LogP) is 3.19. The van der Waals surface area contributed by atoms with Crippen molar-refractivity contribution < 1.29 is 9.66 Å². The van der Waals surface area contributed by atoms with Crippen LogP contribution in [0, 0.1) is 10.1 Å². The van der Waals surface area contributed by atoms with E-state index < -0.39 is 4.92 Å². The first-order valence-corrected chi connectivity index (χ1v) is 6.41. The molecule has 2 rings (SSSR count). The Morgan fingerprint density at radius 3 is 2.71 bits per heavy atom. The first-order chi connectivity index (χ1) is 10.0. The molecule has 0 radical (unpaired) electrons. The van der Waals surface area contributed by atoms with Gasteiger partial charge in [-0.2, -0.15) is 4.98 Å². The molecule has 7 heteroatoms. The van der Waals surface area contributed by atoms with Gasteiger partial charge in [-0.3, -0.25) is 10.1 Å². The molecule has 0 aliphatic heterocycles. The van der Waals surface area contributed by atoms with Crippen LogP contribution in [0.3, 0.4) is 0 Å². The fourth-order valence-corrected chi connectivity index (χ4v) is 1.78. The van der Waals surface area contributed by atoms with Gasteiger partial charge in [-0.05, 0) is 29.7 Å². The van der Waals surface area contributed by atoms with Gasteiger partial charge in [0.25, 0.3) is 0 Å². The topological polar surface area (TPSA) is 103 Å². The maximum absolute atomic E-state index is 11.0. The number of rotatable bonds is 5. The molecule has 3 N–H and O–H groups in total. The summed E-state index contributed by atoms with van der Waals surface area (Å²) < 4.78 is 5.56. The largest absolute Gasteiger partial charge is 0.434 e. The molecule has 7 nitrogen and oxygen atoms in total. The molecule has 21 heavy (non-hydrogen) atoms. The number of nitrogens with zero attached hydrogens (tertiary/aromatic N) is 2. The summed E-state index contributed by atoms with van der Waals surface area (Å²) in [5.74, 6) is 6.27. The van der Waals surface area contributed by atoms with Crippen molar-refractivity contribution in [2.24, 2.45) is 5.84 Å². The lowest BCUT2D eigenvalue weighted by atomic mass is 10.0. The quantitative estimate of drug-likeness (QED) is 0.497. The number of nitrogens with two attached hydrogens (primary N) is 1. The normalized spacial score (nSPS) is 10.5. The van der Waals surface area contributed by atoms with Crippen LogP contribution in [0.25, 0.3) is 0 Å². The van der Waals surface area contributed by atoms with Crippen LogP contribution in [-0.2, 0) is 0 Å². The Kier molecular flexibility index (Phi) is 4.34. The first-order valence-electron chi connectivity index (χ1n) is 6.41. The molecule has 0 fully saturated rings. The zero-order valence-corrected chi connectivity index (χ0v) is 11.7. The molecule has 0 saturated heterocycles. The number of nitrogens with one attached hydrogen (secondary N) is 1. The number of nitro groups is 1. The van der Waals surface area contributed by atoms with Gasteiger partial charge in [-0.15, -0.1) is 0 Å². The lowest BCUT2D eigenvalue weighted by molar-refractivity contribution is -0.386.